The van der Waals surface area contributed by atoms with Crippen LogP contribution in [0.15, 0.2) is 12.2 Å². The van der Waals surface area contributed by atoms with Gasteiger partial charge in [-0.2, -0.15) is 25.3 Å². The zero-order valence-corrected chi connectivity index (χ0v) is 12.5. The molecule has 0 amide bonds. The van der Waals surface area contributed by atoms with Crippen LogP contribution in [0.25, 0.3) is 0 Å². The predicted octanol–water partition coefficient (Wildman–Crippen LogP) is 3.73. The van der Waals surface area contributed by atoms with Crippen molar-refractivity contribution in [3.63, 3.8) is 0 Å². The first-order chi connectivity index (χ1) is 6.35. The van der Waals surface area contributed by atoms with Crippen LogP contribution < -0.4 is 0 Å². The van der Waals surface area contributed by atoms with Crippen LogP contribution in [0.1, 0.15) is 41.5 Å². The highest BCUT2D eigenvalue weighted by Crippen LogP contribution is 2.49. The molecule has 2 radical (unpaired) electrons. The summed E-state index contributed by atoms with van der Waals surface area (Å²) in [6, 6.07) is 0. The molecule has 0 N–H and O–H groups in total. The Hall–Kier alpha value is 0.505. The standard InChI is InChI=1S/C12H23BS2/c1-8(2)9(3)11(7,14)12(13,15)10(4,5)6/h8,14-15H,3H2,1-2,4-7H3. The molecular weight excluding hydrogens is 219 g/mol. The molecule has 0 aromatic heterocycles. The molecular formula is C12H23BS2. The van der Waals surface area contributed by atoms with Gasteiger partial charge in [0.05, 0.1) is 7.85 Å². The summed E-state index contributed by atoms with van der Waals surface area (Å²) in [4.78, 5) is 0. The van der Waals surface area contributed by atoms with Crippen molar-refractivity contribution in [3.8, 4) is 0 Å². The van der Waals surface area contributed by atoms with Crippen LogP contribution in [-0.2, 0) is 0 Å². The van der Waals surface area contributed by atoms with E-state index in [0.29, 0.717) is 5.92 Å². The molecule has 0 heterocycles. The zero-order valence-electron chi connectivity index (χ0n) is 10.8. The fraction of sp³-hybridized carbons (Fsp3) is 0.833. The molecule has 0 aliphatic rings. The molecule has 15 heavy (non-hydrogen) atoms. The first-order valence-electron chi connectivity index (χ1n) is 5.28. The van der Waals surface area contributed by atoms with Crippen molar-refractivity contribution in [1.29, 1.82) is 0 Å². The summed E-state index contributed by atoms with van der Waals surface area (Å²) in [6.07, 6.45) is 0. The van der Waals surface area contributed by atoms with Crippen molar-refractivity contribution >= 4 is 33.1 Å². The Labute approximate surface area is 108 Å². The summed E-state index contributed by atoms with van der Waals surface area (Å²) < 4.78 is -1.20. The maximum atomic E-state index is 6.34. The van der Waals surface area contributed by atoms with Gasteiger partial charge in [-0.25, -0.2) is 0 Å². The van der Waals surface area contributed by atoms with Gasteiger partial charge < -0.3 is 0 Å². The molecule has 0 aliphatic heterocycles. The van der Waals surface area contributed by atoms with Gasteiger partial charge in [-0.15, -0.1) is 0 Å². The second-order valence-corrected chi connectivity index (χ2v) is 7.37. The fourth-order valence-electron chi connectivity index (χ4n) is 1.54. The minimum Gasteiger partial charge on any atom is -0.180 e. The summed E-state index contributed by atoms with van der Waals surface area (Å²) in [5, 5.41) is 0. The van der Waals surface area contributed by atoms with E-state index in [4.69, 9.17) is 20.5 Å². The van der Waals surface area contributed by atoms with E-state index in [0.717, 1.165) is 5.57 Å². The molecule has 0 aliphatic carbocycles. The smallest absolute Gasteiger partial charge is 0.0920 e. The zero-order chi connectivity index (χ0) is 12.7. The summed E-state index contributed by atoms with van der Waals surface area (Å²) in [5.41, 5.74) is 0.878. The average Bonchev–Trinajstić information content (AvgIpc) is 2.00. The van der Waals surface area contributed by atoms with Gasteiger partial charge in [0, 0.05) is 4.75 Å². The van der Waals surface area contributed by atoms with E-state index in [1.807, 2.05) is 6.92 Å². The van der Waals surface area contributed by atoms with Gasteiger partial charge in [-0.1, -0.05) is 46.8 Å². The second-order valence-electron chi connectivity index (χ2n) is 5.77. The van der Waals surface area contributed by atoms with Crippen LogP contribution in [0.5, 0.6) is 0 Å². The lowest BCUT2D eigenvalue weighted by atomic mass is 9.58. The van der Waals surface area contributed by atoms with Gasteiger partial charge in [0.25, 0.3) is 0 Å². The van der Waals surface area contributed by atoms with Crippen molar-refractivity contribution in [2.75, 3.05) is 0 Å². The van der Waals surface area contributed by atoms with Crippen molar-refractivity contribution in [2.24, 2.45) is 11.3 Å². The number of thiol groups is 2. The molecule has 0 bridgehead atoms. The maximum Gasteiger partial charge on any atom is 0.0920 e. The van der Waals surface area contributed by atoms with Crippen LogP contribution in [0, 0.1) is 11.3 Å². The predicted molar refractivity (Wildman–Crippen MR) is 78.3 cm³/mol. The molecule has 0 aromatic rings. The van der Waals surface area contributed by atoms with Crippen molar-refractivity contribution in [2.45, 2.75) is 50.9 Å². The summed E-state index contributed by atoms with van der Waals surface area (Å²) >= 11 is 9.32. The first-order valence-corrected chi connectivity index (χ1v) is 6.18. The molecule has 3 heteroatoms. The van der Waals surface area contributed by atoms with Crippen LogP contribution in [-0.4, -0.2) is 17.2 Å². The van der Waals surface area contributed by atoms with Crippen LogP contribution >= 0.6 is 25.3 Å². The van der Waals surface area contributed by atoms with Gasteiger partial charge in [0.2, 0.25) is 0 Å². The minimum atomic E-state index is -0.704. The molecule has 0 nitrogen and oxygen atoms in total. The summed E-state index contributed by atoms with van der Waals surface area (Å²) in [7, 11) is 6.34. The molecule has 0 rings (SSSR count). The van der Waals surface area contributed by atoms with E-state index in [1.165, 1.54) is 0 Å². The van der Waals surface area contributed by atoms with Crippen molar-refractivity contribution in [3.05, 3.63) is 12.2 Å². The lowest BCUT2D eigenvalue weighted by Gasteiger charge is -2.51. The quantitative estimate of drug-likeness (QED) is 0.420. The Morgan fingerprint density at radius 2 is 1.47 bits per heavy atom. The van der Waals surface area contributed by atoms with Crippen LogP contribution in [0.2, 0.25) is 0 Å². The Kier molecular flexibility index (Phi) is 4.55. The third-order valence-corrected chi connectivity index (χ3v) is 5.14. The van der Waals surface area contributed by atoms with E-state index >= 15 is 0 Å². The lowest BCUT2D eigenvalue weighted by Crippen LogP contribution is -2.55. The van der Waals surface area contributed by atoms with Gasteiger partial charge >= 0.3 is 0 Å². The monoisotopic (exact) mass is 242 g/mol. The maximum absolute atomic E-state index is 6.34. The van der Waals surface area contributed by atoms with Crippen molar-refractivity contribution < 1.29 is 0 Å². The summed E-state index contributed by atoms with van der Waals surface area (Å²) in [5.74, 6) is 0.352. The molecule has 2 unspecified atom stereocenters. The highest BCUT2D eigenvalue weighted by molar-refractivity contribution is 7.87. The van der Waals surface area contributed by atoms with Gasteiger partial charge in [0.15, 0.2) is 0 Å². The van der Waals surface area contributed by atoms with Gasteiger partial charge in [-0.3, -0.25) is 0 Å². The molecule has 0 saturated carbocycles. The average molecular weight is 242 g/mol. The number of hydrogen-bond acceptors (Lipinski definition) is 2. The first kappa shape index (κ1) is 15.5. The third kappa shape index (κ3) is 2.79. The second kappa shape index (κ2) is 4.41. The van der Waals surface area contributed by atoms with Crippen molar-refractivity contribution in [1.82, 2.24) is 0 Å². The van der Waals surface area contributed by atoms with E-state index in [9.17, 15) is 0 Å². The molecule has 0 aromatic carbocycles. The fourth-order valence-corrected chi connectivity index (χ4v) is 2.27. The molecule has 86 valence electrons. The molecule has 0 saturated heterocycles. The largest absolute Gasteiger partial charge is 0.180 e. The minimum absolute atomic E-state index is 0.148. The van der Waals surface area contributed by atoms with E-state index in [1.54, 1.807) is 0 Å². The molecule has 2 atom stereocenters. The number of rotatable bonds is 3. The molecule has 0 fully saturated rings. The van der Waals surface area contributed by atoms with Gasteiger partial charge in [-0.05, 0) is 22.9 Å². The topological polar surface area (TPSA) is 0 Å². The molecule has 0 spiro atoms. The third-order valence-electron chi connectivity index (χ3n) is 3.21. The van der Waals surface area contributed by atoms with E-state index in [-0.39, 0.29) is 5.41 Å². The van der Waals surface area contributed by atoms with E-state index in [2.05, 4.69) is 53.8 Å². The van der Waals surface area contributed by atoms with Crippen LogP contribution in [0.4, 0.5) is 0 Å². The number of hydrogen-bond donors (Lipinski definition) is 2. The SMILES string of the molecule is [B]C(S)(C(C)(C)C)C(C)(S)C(=C)C(C)C. The Morgan fingerprint density at radius 3 is 1.67 bits per heavy atom. The highest BCUT2D eigenvalue weighted by Gasteiger charge is 2.48. The summed E-state index contributed by atoms with van der Waals surface area (Å²) in [6.45, 7) is 16.5. The van der Waals surface area contributed by atoms with Gasteiger partial charge in [0.1, 0.15) is 0 Å². The highest BCUT2D eigenvalue weighted by atomic mass is 32.1. The lowest BCUT2D eigenvalue weighted by molar-refractivity contribution is 0.322. The Balaban J connectivity index is 5.29. The van der Waals surface area contributed by atoms with Crippen LogP contribution in [0.3, 0.4) is 0 Å². The normalized spacial score (nSPS) is 20.9. The Morgan fingerprint density at radius 1 is 1.13 bits per heavy atom. The van der Waals surface area contributed by atoms with E-state index < -0.39 is 9.39 Å². The Bertz CT molecular complexity index is 247.